The van der Waals surface area contributed by atoms with Crippen molar-refractivity contribution >= 4 is 34.4 Å². The Balaban J connectivity index is 1.75. The molecular weight excluding hydrogens is 428 g/mol. The molecule has 7 nitrogen and oxygen atoms in total. The lowest BCUT2D eigenvalue weighted by molar-refractivity contribution is -0.120. The van der Waals surface area contributed by atoms with Gasteiger partial charge in [-0.2, -0.15) is 0 Å². The van der Waals surface area contributed by atoms with Gasteiger partial charge in [0.25, 0.3) is 11.8 Å². The van der Waals surface area contributed by atoms with E-state index in [1.807, 2.05) is 36.3 Å². The fraction of sp³-hybridized carbons (Fsp3) is 0.417. The van der Waals surface area contributed by atoms with Crippen molar-refractivity contribution in [3.8, 4) is 11.5 Å². The van der Waals surface area contributed by atoms with Gasteiger partial charge < -0.3 is 19.5 Å². The second-order valence-corrected chi connectivity index (χ2v) is 8.73. The number of carbonyl (C=O) groups excluding carboxylic acids is 2. The molecule has 0 bridgehead atoms. The Labute approximate surface area is 191 Å². The number of benzene rings is 1. The molecule has 1 aromatic carbocycles. The van der Waals surface area contributed by atoms with Crippen LogP contribution in [0.15, 0.2) is 41.4 Å². The molecule has 0 spiro atoms. The van der Waals surface area contributed by atoms with Gasteiger partial charge in [0.1, 0.15) is 5.70 Å². The van der Waals surface area contributed by atoms with Crippen LogP contribution in [0.1, 0.15) is 31.6 Å². The quantitative estimate of drug-likeness (QED) is 0.612. The number of hydrogen-bond acceptors (Lipinski definition) is 7. The summed E-state index contributed by atoms with van der Waals surface area (Å²) in [4.78, 5) is 31.2. The normalized spacial score (nSPS) is 19.2. The number of aliphatic hydroxyl groups excluding tert-OH is 1. The molecule has 3 heterocycles. The van der Waals surface area contributed by atoms with Crippen molar-refractivity contribution in [3.05, 3.63) is 46.3 Å². The molecule has 32 heavy (non-hydrogen) atoms. The number of anilines is 1. The Bertz CT molecular complexity index is 1020. The summed E-state index contributed by atoms with van der Waals surface area (Å²) in [6.07, 6.45) is 1.78. The molecule has 2 aliphatic rings. The molecule has 1 N–H and O–H groups in total. The predicted octanol–water partition coefficient (Wildman–Crippen LogP) is 3.53. The van der Waals surface area contributed by atoms with Crippen LogP contribution in [0.5, 0.6) is 11.5 Å². The standard InChI is InChI=1S/C24H28N2O5S/c1-3-30-18-10-9-17(13-19(18)31-4-2)26-23(28)21(20-8-6-12-32-20)22(24(26)29)25-11-5-7-16(14-25)15-27/h6,8-10,12-13,16,27H,3-5,7,11,14-15H2,1-2H3. The van der Waals surface area contributed by atoms with E-state index in [0.717, 1.165) is 17.7 Å². The van der Waals surface area contributed by atoms with E-state index in [0.29, 0.717) is 54.8 Å². The van der Waals surface area contributed by atoms with E-state index in [9.17, 15) is 14.7 Å². The van der Waals surface area contributed by atoms with Crippen LogP contribution in [0.2, 0.25) is 0 Å². The van der Waals surface area contributed by atoms with Crippen LogP contribution in [0.25, 0.3) is 5.57 Å². The Hall–Kier alpha value is -2.84. The van der Waals surface area contributed by atoms with Gasteiger partial charge in [0, 0.05) is 30.6 Å². The van der Waals surface area contributed by atoms with E-state index >= 15 is 0 Å². The maximum absolute atomic E-state index is 13.7. The second-order valence-electron chi connectivity index (χ2n) is 7.78. The van der Waals surface area contributed by atoms with E-state index in [4.69, 9.17) is 9.47 Å². The molecule has 170 valence electrons. The molecule has 8 heteroatoms. The summed E-state index contributed by atoms with van der Waals surface area (Å²) in [7, 11) is 0. The summed E-state index contributed by atoms with van der Waals surface area (Å²) in [5.41, 5.74) is 1.30. The molecule has 1 atom stereocenters. The number of carbonyl (C=O) groups is 2. The molecular formula is C24H28N2O5S. The Kier molecular flexibility index (Phi) is 6.81. The van der Waals surface area contributed by atoms with Crippen molar-refractivity contribution in [1.29, 1.82) is 0 Å². The largest absolute Gasteiger partial charge is 0.490 e. The molecule has 2 amide bonds. The first-order valence-electron chi connectivity index (χ1n) is 11.0. The zero-order valence-corrected chi connectivity index (χ0v) is 19.2. The van der Waals surface area contributed by atoms with Crippen LogP contribution >= 0.6 is 11.3 Å². The van der Waals surface area contributed by atoms with Gasteiger partial charge in [0.05, 0.1) is 24.5 Å². The highest BCUT2D eigenvalue weighted by molar-refractivity contribution is 7.11. The van der Waals surface area contributed by atoms with Crippen molar-refractivity contribution < 1.29 is 24.2 Å². The van der Waals surface area contributed by atoms with Gasteiger partial charge in [-0.15, -0.1) is 11.3 Å². The fourth-order valence-electron chi connectivity index (χ4n) is 4.29. The van der Waals surface area contributed by atoms with Crippen LogP contribution in [-0.2, 0) is 9.59 Å². The number of rotatable bonds is 8. The SMILES string of the molecule is CCOc1ccc(N2C(=O)C(c3cccs3)=C(N3CCCC(CO)C3)C2=O)cc1OCC. The summed E-state index contributed by atoms with van der Waals surface area (Å²) >= 11 is 1.44. The van der Waals surface area contributed by atoms with E-state index in [2.05, 4.69) is 0 Å². The lowest BCUT2D eigenvalue weighted by Gasteiger charge is -2.34. The Morgan fingerprint density at radius 1 is 1.09 bits per heavy atom. The predicted molar refractivity (Wildman–Crippen MR) is 124 cm³/mol. The second kappa shape index (κ2) is 9.75. The van der Waals surface area contributed by atoms with E-state index in [1.54, 1.807) is 18.2 Å². The number of ether oxygens (including phenoxy) is 2. The van der Waals surface area contributed by atoms with Crippen LogP contribution < -0.4 is 14.4 Å². The third-order valence-electron chi connectivity index (χ3n) is 5.71. The van der Waals surface area contributed by atoms with Gasteiger partial charge >= 0.3 is 0 Å². The summed E-state index contributed by atoms with van der Waals surface area (Å²) in [5, 5.41) is 11.6. The Morgan fingerprint density at radius 2 is 1.88 bits per heavy atom. The summed E-state index contributed by atoms with van der Waals surface area (Å²) in [5.74, 6) is 0.476. The number of thiophene rings is 1. The first kappa shape index (κ1) is 22.4. The molecule has 1 saturated heterocycles. The molecule has 0 saturated carbocycles. The lowest BCUT2D eigenvalue weighted by Crippen LogP contribution is -2.40. The molecule has 0 radical (unpaired) electrons. The van der Waals surface area contributed by atoms with Gasteiger partial charge in [0.2, 0.25) is 0 Å². The number of imide groups is 1. The van der Waals surface area contributed by atoms with E-state index in [-0.39, 0.29) is 24.3 Å². The van der Waals surface area contributed by atoms with Gasteiger partial charge in [0.15, 0.2) is 11.5 Å². The van der Waals surface area contributed by atoms with Gasteiger partial charge in [-0.05, 0) is 56.2 Å². The zero-order valence-electron chi connectivity index (χ0n) is 18.4. The average Bonchev–Trinajstić information content (AvgIpc) is 3.41. The minimum Gasteiger partial charge on any atom is -0.490 e. The number of likely N-dealkylation sites (tertiary alicyclic amines) is 1. The summed E-state index contributed by atoms with van der Waals surface area (Å²) < 4.78 is 11.3. The third kappa shape index (κ3) is 4.12. The van der Waals surface area contributed by atoms with Gasteiger partial charge in [-0.25, -0.2) is 4.90 Å². The zero-order chi connectivity index (χ0) is 22.7. The average molecular weight is 457 g/mol. The molecule has 2 aromatic rings. The highest BCUT2D eigenvalue weighted by atomic mass is 32.1. The monoisotopic (exact) mass is 456 g/mol. The molecule has 1 fully saturated rings. The summed E-state index contributed by atoms with van der Waals surface area (Å²) in [6.45, 7) is 5.99. The highest BCUT2D eigenvalue weighted by Crippen LogP contribution is 2.40. The third-order valence-corrected chi connectivity index (χ3v) is 6.59. The minimum absolute atomic E-state index is 0.0700. The number of hydrogen-bond donors (Lipinski definition) is 1. The Morgan fingerprint density at radius 3 is 2.56 bits per heavy atom. The van der Waals surface area contributed by atoms with Crippen LogP contribution in [-0.4, -0.2) is 54.7 Å². The van der Waals surface area contributed by atoms with Crippen LogP contribution in [0.4, 0.5) is 5.69 Å². The smallest absolute Gasteiger partial charge is 0.282 e. The topological polar surface area (TPSA) is 79.3 Å². The molecule has 2 aliphatic heterocycles. The molecule has 1 unspecified atom stereocenters. The number of amides is 2. The fourth-order valence-corrected chi connectivity index (χ4v) is 5.05. The molecule has 0 aliphatic carbocycles. The molecule has 1 aromatic heterocycles. The van der Waals surface area contributed by atoms with E-state index < -0.39 is 0 Å². The van der Waals surface area contributed by atoms with Crippen molar-refractivity contribution in [2.45, 2.75) is 26.7 Å². The number of aliphatic hydroxyl groups is 1. The number of nitrogens with zero attached hydrogens (tertiary/aromatic N) is 2. The highest BCUT2D eigenvalue weighted by Gasteiger charge is 2.44. The maximum Gasteiger partial charge on any atom is 0.282 e. The van der Waals surface area contributed by atoms with Gasteiger partial charge in [-0.3, -0.25) is 9.59 Å². The first-order chi connectivity index (χ1) is 15.6. The lowest BCUT2D eigenvalue weighted by atomic mass is 9.98. The van der Waals surface area contributed by atoms with Crippen molar-refractivity contribution in [3.63, 3.8) is 0 Å². The van der Waals surface area contributed by atoms with E-state index in [1.165, 1.54) is 16.2 Å². The molecule has 4 rings (SSSR count). The first-order valence-corrected chi connectivity index (χ1v) is 11.9. The van der Waals surface area contributed by atoms with Crippen LogP contribution in [0.3, 0.4) is 0 Å². The summed E-state index contributed by atoms with van der Waals surface area (Å²) in [6, 6.07) is 8.88. The van der Waals surface area contributed by atoms with Crippen molar-refractivity contribution in [1.82, 2.24) is 4.90 Å². The van der Waals surface area contributed by atoms with Crippen LogP contribution in [0, 0.1) is 5.92 Å². The van der Waals surface area contributed by atoms with Gasteiger partial charge in [-0.1, -0.05) is 6.07 Å². The van der Waals surface area contributed by atoms with Crippen molar-refractivity contribution in [2.24, 2.45) is 5.92 Å². The minimum atomic E-state index is -0.344. The van der Waals surface area contributed by atoms with Crippen molar-refractivity contribution in [2.75, 3.05) is 37.8 Å². The number of piperidine rings is 1. The maximum atomic E-state index is 13.7.